The molecule has 2 N–H and O–H groups in total. The van der Waals surface area contributed by atoms with Gasteiger partial charge in [-0.3, -0.25) is 9.48 Å². The van der Waals surface area contributed by atoms with Gasteiger partial charge in [0.25, 0.3) is 0 Å². The lowest BCUT2D eigenvalue weighted by Crippen LogP contribution is -2.31. The monoisotopic (exact) mass is 228 g/mol. The molecule has 1 heterocycles. The van der Waals surface area contributed by atoms with Crippen molar-refractivity contribution in [2.24, 2.45) is 0 Å². The molecule has 1 rings (SSSR count). The minimum absolute atomic E-state index is 0.260. The highest BCUT2D eigenvalue weighted by Gasteiger charge is 2.03. The van der Waals surface area contributed by atoms with Crippen LogP contribution in [-0.2, 0) is 20.9 Å². The minimum atomic E-state index is -1.10. The molecule has 0 spiro atoms. The summed E-state index contributed by atoms with van der Waals surface area (Å²) in [5.41, 5.74) is 0. The first-order chi connectivity index (χ1) is 7.68. The molecule has 88 valence electrons. The number of ether oxygens (including phenoxy) is 1. The Kier molecular flexibility index (Phi) is 4.93. The van der Waals surface area contributed by atoms with Gasteiger partial charge in [0.05, 0.1) is 12.7 Å². The standard InChI is InChI=1S/C8H12N4O4/c13-7(5-16-6-8(14)15)9-1-3-12-4-2-10-11-12/h2,4H,1,3,5-6H2,(H,9,13)(H,14,15). The molecule has 0 saturated heterocycles. The van der Waals surface area contributed by atoms with E-state index in [4.69, 9.17) is 5.11 Å². The van der Waals surface area contributed by atoms with Crippen molar-refractivity contribution in [3.05, 3.63) is 12.4 Å². The zero-order chi connectivity index (χ0) is 11.8. The predicted molar refractivity (Wildman–Crippen MR) is 51.5 cm³/mol. The first-order valence-electron chi connectivity index (χ1n) is 4.59. The number of aromatic nitrogens is 3. The van der Waals surface area contributed by atoms with E-state index in [1.165, 1.54) is 6.20 Å². The number of carbonyl (C=O) groups excluding carboxylic acids is 1. The van der Waals surface area contributed by atoms with Crippen LogP contribution in [-0.4, -0.2) is 51.7 Å². The van der Waals surface area contributed by atoms with Crippen molar-refractivity contribution in [2.75, 3.05) is 19.8 Å². The summed E-state index contributed by atoms with van der Waals surface area (Å²) in [7, 11) is 0. The summed E-state index contributed by atoms with van der Waals surface area (Å²) in [5.74, 6) is -1.46. The van der Waals surface area contributed by atoms with Crippen LogP contribution in [0.25, 0.3) is 0 Å². The van der Waals surface area contributed by atoms with E-state index in [1.54, 1.807) is 10.9 Å². The molecule has 8 nitrogen and oxygen atoms in total. The van der Waals surface area contributed by atoms with Gasteiger partial charge in [0.1, 0.15) is 13.2 Å². The number of rotatable bonds is 7. The molecule has 1 aromatic rings. The van der Waals surface area contributed by atoms with Gasteiger partial charge in [-0.1, -0.05) is 5.21 Å². The van der Waals surface area contributed by atoms with E-state index in [-0.39, 0.29) is 12.5 Å². The van der Waals surface area contributed by atoms with Crippen molar-refractivity contribution in [3.8, 4) is 0 Å². The molecule has 0 bridgehead atoms. The van der Waals surface area contributed by atoms with Gasteiger partial charge >= 0.3 is 5.97 Å². The summed E-state index contributed by atoms with van der Waals surface area (Å²) >= 11 is 0. The molecule has 0 aliphatic rings. The van der Waals surface area contributed by atoms with E-state index in [0.717, 1.165) is 0 Å². The van der Waals surface area contributed by atoms with E-state index in [0.29, 0.717) is 13.1 Å². The minimum Gasteiger partial charge on any atom is -0.480 e. The molecule has 0 aliphatic carbocycles. The van der Waals surface area contributed by atoms with E-state index < -0.39 is 12.6 Å². The van der Waals surface area contributed by atoms with Crippen LogP contribution in [0.5, 0.6) is 0 Å². The zero-order valence-corrected chi connectivity index (χ0v) is 8.50. The molecule has 16 heavy (non-hydrogen) atoms. The van der Waals surface area contributed by atoms with Gasteiger partial charge in [0, 0.05) is 12.7 Å². The van der Waals surface area contributed by atoms with Gasteiger partial charge in [0.2, 0.25) is 5.91 Å². The molecule has 0 radical (unpaired) electrons. The second-order valence-corrected chi connectivity index (χ2v) is 2.90. The number of nitrogens with one attached hydrogen (secondary N) is 1. The highest BCUT2D eigenvalue weighted by atomic mass is 16.5. The smallest absolute Gasteiger partial charge is 0.329 e. The molecule has 0 fully saturated rings. The third kappa shape index (κ3) is 5.05. The number of carbonyl (C=O) groups is 2. The van der Waals surface area contributed by atoms with E-state index in [1.807, 2.05) is 0 Å². The molecular weight excluding hydrogens is 216 g/mol. The van der Waals surface area contributed by atoms with Crippen LogP contribution in [0.1, 0.15) is 0 Å². The number of hydrogen-bond donors (Lipinski definition) is 2. The average Bonchev–Trinajstić information content (AvgIpc) is 2.70. The number of carboxylic acids is 1. The molecule has 8 heteroatoms. The van der Waals surface area contributed by atoms with Crippen molar-refractivity contribution in [1.82, 2.24) is 20.3 Å². The second kappa shape index (κ2) is 6.51. The summed E-state index contributed by atoms with van der Waals surface area (Å²) in [6, 6.07) is 0. The molecule has 0 unspecified atom stereocenters. The number of hydrogen-bond acceptors (Lipinski definition) is 5. The lowest BCUT2D eigenvalue weighted by atomic mass is 10.5. The summed E-state index contributed by atoms with van der Waals surface area (Å²) < 4.78 is 6.17. The first-order valence-corrected chi connectivity index (χ1v) is 4.59. The Morgan fingerprint density at radius 3 is 2.88 bits per heavy atom. The maximum Gasteiger partial charge on any atom is 0.329 e. The fourth-order valence-electron chi connectivity index (χ4n) is 0.944. The number of carboxylic acid groups (broad SMARTS) is 1. The molecule has 0 aromatic carbocycles. The summed E-state index contributed by atoms with van der Waals surface area (Å²) in [6.07, 6.45) is 3.21. The van der Waals surface area contributed by atoms with Gasteiger partial charge in [-0.05, 0) is 0 Å². The highest BCUT2D eigenvalue weighted by Crippen LogP contribution is 1.80. The lowest BCUT2D eigenvalue weighted by molar-refractivity contribution is -0.143. The third-order valence-corrected chi connectivity index (χ3v) is 1.59. The van der Waals surface area contributed by atoms with Crippen molar-refractivity contribution in [1.29, 1.82) is 0 Å². The maximum atomic E-state index is 11.1. The Hall–Kier alpha value is -1.96. The van der Waals surface area contributed by atoms with Crippen molar-refractivity contribution in [2.45, 2.75) is 6.54 Å². The highest BCUT2D eigenvalue weighted by molar-refractivity contribution is 5.77. The van der Waals surface area contributed by atoms with Crippen LogP contribution in [0, 0.1) is 0 Å². The average molecular weight is 228 g/mol. The quantitative estimate of drug-likeness (QED) is 0.588. The molecule has 0 aliphatic heterocycles. The van der Waals surface area contributed by atoms with Crippen LogP contribution in [0.15, 0.2) is 12.4 Å². The summed E-state index contributed by atoms with van der Waals surface area (Å²) in [4.78, 5) is 21.2. The SMILES string of the molecule is O=C(O)COCC(=O)NCCn1ccnn1. The first kappa shape index (κ1) is 12.1. The third-order valence-electron chi connectivity index (χ3n) is 1.59. The van der Waals surface area contributed by atoms with Gasteiger partial charge in [-0.15, -0.1) is 5.10 Å². The van der Waals surface area contributed by atoms with Gasteiger partial charge in [-0.2, -0.15) is 0 Å². The zero-order valence-electron chi connectivity index (χ0n) is 8.50. The molecular formula is C8H12N4O4. The Bertz CT molecular complexity index is 338. The van der Waals surface area contributed by atoms with Crippen LogP contribution >= 0.6 is 0 Å². The number of amides is 1. The largest absolute Gasteiger partial charge is 0.480 e. The van der Waals surface area contributed by atoms with E-state index in [2.05, 4.69) is 20.4 Å². The van der Waals surface area contributed by atoms with Gasteiger partial charge in [-0.25, -0.2) is 4.79 Å². The second-order valence-electron chi connectivity index (χ2n) is 2.90. The van der Waals surface area contributed by atoms with Crippen molar-refractivity contribution in [3.63, 3.8) is 0 Å². The van der Waals surface area contributed by atoms with Crippen LogP contribution in [0.4, 0.5) is 0 Å². The van der Waals surface area contributed by atoms with Crippen molar-refractivity contribution >= 4 is 11.9 Å². The fraction of sp³-hybridized carbons (Fsp3) is 0.500. The Balaban J connectivity index is 2.04. The molecule has 0 saturated carbocycles. The Labute approximate surface area is 91.2 Å². The van der Waals surface area contributed by atoms with Crippen LogP contribution in [0.3, 0.4) is 0 Å². The summed E-state index contributed by atoms with van der Waals surface area (Å²) in [6.45, 7) is 0.156. The maximum absolute atomic E-state index is 11.1. The Morgan fingerprint density at radius 1 is 1.44 bits per heavy atom. The number of nitrogens with zero attached hydrogens (tertiary/aromatic N) is 3. The predicted octanol–water partition coefficient (Wildman–Crippen LogP) is -1.50. The van der Waals surface area contributed by atoms with Crippen LogP contribution < -0.4 is 5.32 Å². The van der Waals surface area contributed by atoms with E-state index in [9.17, 15) is 9.59 Å². The fourth-order valence-corrected chi connectivity index (χ4v) is 0.944. The number of aliphatic carboxylic acids is 1. The molecule has 0 atom stereocenters. The van der Waals surface area contributed by atoms with Crippen molar-refractivity contribution < 1.29 is 19.4 Å². The normalized spacial score (nSPS) is 10.0. The van der Waals surface area contributed by atoms with Crippen LogP contribution in [0.2, 0.25) is 0 Å². The Morgan fingerprint density at radius 2 is 2.25 bits per heavy atom. The lowest BCUT2D eigenvalue weighted by Gasteiger charge is -2.04. The topological polar surface area (TPSA) is 106 Å². The van der Waals surface area contributed by atoms with Gasteiger partial charge < -0.3 is 15.2 Å². The van der Waals surface area contributed by atoms with Gasteiger partial charge in [0.15, 0.2) is 0 Å². The molecule has 1 aromatic heterocycles. The van der Waals surface area contributed by atoms with E-state index >= 15 is 0 Å². The summed E-state index contributed by atoms with van der Waals surface area (Å²) in [5, 5.41) is 18.1. The molecule has 1 amide bonds.